The van der Waals surface area contributed by atoms with Crippen LogP contribution < -0.4 is 4.74 Å². The Morgan fingerprint density at radius 3 is 2.40 bits per heavy atom. The fraction of sp³-hybridized carbons (Fsp3) is 0.235. The second kappa shape index (κ2) is 6.24. The van der Waals surface area contributed by atoms with Crippen molar-refractivity contribution < 1.29 is 14.3 Å². The molecule has 0 aromatic heterocycles. The summed E-state index contributed by atoms with van der Waals surface area (Å²) in [6.45, 7) is 4.54. The Labute approximate surface area is 119 Å². The number of carbonyl (C=O) groups excluding carboxylic acids is 1. The van der Waals surface area contributed by atoms with Crippen LogP contribution >= 0.6 is 0 Å². The van der Waals surface area contributed by atoms with E-state index < -0.39 is 0 Å². The summed E-state index contributed by atoms with van der Waals surface area (Å²) in [6.07, 6.45) is 0. The zero-order chi connectivity index (χ0) is 14.5. The number of rotatable bonds is 4. The number of carbonyl (C=O) groups is 1. The maximum atomic E-state index is 11.3. The molecule has 0 unspecified atom stereocenters. The highest BCUT2D eigenvalue weighted by molar-refractivity contribution is 5.89. The largest absolute Gasteiger partial charge is 0.489 e. The Morgan fingerprint density at radius 1 is 1.05 bits per heavy atom. The van der Waals surface area contributed by atoms with Crippen LogP contribution in [0, 0.1) is 13.8 Å². The van der Waals surface area contributed by atoms with Gasteiger partial charge in [0.05, 0.1) is 12.7 Å². The molecule has 2 aromatic carbocycles. The summed E-state index contributed by atoms with van der Waals surface area (Å²) in [4.78, 5) is 11.3. The van der Waals surface area contributed by atoms with E-state index in [1.54, 1.807) is 12.1 Å². The van der Waals surface area contributed by atoms with E-state index in [0.717, 1.165) is 16.9 Å². The molecular formula is C17H18O3. The van der Waals surface area contributed by atoms with Gasteiger partial charge in [0.15, 0.2) is 0 Å². The standard InChI is InChI=1S/C17H18O3/c1-12-4-5-13(2)16(10-12)20-11-14-6-8-15(9-7-14)17(18)19-3/h4-10H,11H2,1-3H3. The molecule has 0 amide bonds. The highest BCUT2D eigenvalue weighted by Crippen LogP contribution is 2.20. The van der Waals surface area contributed by atoms with Crippen LogP contribution in [0.25, 0.3) is 0 Å². The lowest BCUT2D eigenvalue weighted by molar-refractivity contribution is 0.0600. The smallest absolute Gasteiger partial charge is 0.337 e. The van der Waals surface area contributed by atoms with E-state index in [1.165, 1.54) is 12.7 Å². The third-order valence-corrected chi connectivity index (χ3v) is 3.11. The van der Waals surface area contributed by atoms with Crippen molar-refractivity contribution in [3.05, 3.63) is 64.7 Å². The maximum Gasteiger partial charge on any atom is 0.337 e. The SMILES string of the molecule is COC(=O)c1ccc(COc2cc(C)ccc2C)cc1. The molecule has 2 aromatic rings. The highest BCUT2D eigenvalue weighted by Gasteiger charge is 2.05. The molecule has 0 aliphatic heterocycles. The van der Waals surface area contributed by atoms with Gasteiger partial charge in [0.25, 0.3) is 0 Å². The van der Waals surface area contributed by atoms with Crippen LogP contribution in [0.2, 0.25) is 0 Å². The number of hydrogen-bond donors (Lipinski definition) is 0. The normalized spacial score (nSPS) is 10.2. The lowest BCUT2D eigenvalue weighted by atomic mass is 10.1. The summed E-state index contributed by atoms with van der Waals surface area (Å²) in [5.74, 6) is 0.564. The lowest BCUT2D eigenvalue weighted by Gasteiger charge is -2.10. The molecular weight excluding hydrogens is 252 g/mol. The molecule has 0 bridgehead atoms. The minimum absolute atomic E-state index is 0.327. The Morgan fingerprint density at radius 2 is 1.75 bits per heavy atom. The Kier molecular flexibility index (Phi) is 4.41. The van der Waals surface area contributed by atoms with Gasteiger partial charge in [-0.3, -0.25) is 0 Å². The quantitative estimate of drug-likeness (QED) is 0.795. The molecule has 0 saturated carbocycles. The fourth-order valence-corrected chi connectivity index (χ4v) is 1.88. The van der Waals surface area contributed by atoms with Crippen LogP contribution in [0.4, 0.5) is 0 Å². The summed E-state index contributed by atoms with van der Waals surface area (Å²) in [7, 11) is 1.37. The number of benzene rings is 2. The van der Waals surface area contributed by atoms with Crippen molar-refractivity contribution in [3.8, 4) is 5.75 Å². The first kappa shape index (κ1) is 14.1. The summed E-state index contributed by atoms with van der Waals surface area (Å²) in [6, 6.07) is 13.4. The molecule has 0 heterocycles. The van der Waals surface area contributed by atoms with Gasteiger partial charge in [0.1, 0.15) is 12.4 Å². The second-order valence-corrected chi connectivity index (χ2v) is 4.75. The van der Waals surface area contributed by atoms with Gasteiger partial charge in [0, 0.05) is 0 Å². The molecule has 0 atom stereocenters. The first-order valence-corrected chi connectivity index (χ1v) is 6.47. The van der Waals surface area contributed by atoms with E-state index in [2.05, 4.69) is 10.8 Å². The predicted octanol–water partition coefficient (Wildman–Crippen LogP) is 3.67. The molecule has 3 nitrogen and oxygen atoms in total. The molecule has 0 aliphatic rings. The Balaban J connectivity index is 2.04. The first-order valence-electron chi connectivity index (χ1n) is 6.47. The minimum Gasteiger partial charge on any atom is -0.489 e. The zero-order valence-corrected chi connectivity index (χ0v) is 12.0. The van der Waals surface area contributed by atoms with Crippen molar-refractivity contribution in [1.82, 2.24) is 0 Å². The monoisotopic (exact) mass is 270 g/mol. The third kappa shape index (κ3) is 3.38. The molecule has 2 rings (SSSR count). The van der Waals surface area contributed by atoms with Gasteiger partial charge >= 0.3 is 5.97 Å². The van der Waals surface area contributed by atoms with Crippen molar-refractivity contribution in [3.63, 3.8) is 0 Å². The van der Waals surface area contributed by atoms with E-state index in [-0.39, 0.29) is 5.97 Å². The number of hydrogen-bond acceptors (Lipinski definition) is 3. The van der Waals surface area contributed by atoms with Crippen molar-refractivity contribution >= 4 is 5.97 Å². The van der Waals surface area contributed by atoms with Crippen LogP contribution in [-0.4, -0.2) is 13.1 Å². The lowest BCUT2D eigenvalue weighted by Crippen LogP contribution is -2.02. The molecule has 20 heavy (non-hydrogen) atoms. The van der Waals surface area contributed by atoms with Gasteiger partial charge in [-0.2, -0.15) is 0 Å². The van der Waals surface area contributed by atoms with Crippen LogP contribution in [0.5, 0.6) is 5.75 Å². The second-order valence-electron chi connectivity index (χ2n) is 4.75. The molecule has 0 saturated heterocycles. The number of aryl methyl sites for hydroxylation is 2. The Hall–Kier alpha value is -2.29. The van der Waals surface area contributed by atoms with Crippen LogP contribution in [0.1, 0.15) is 27.0 Å². The van der Waals surface area contributed by atoms with E-state index in [1.807, 2.05) is 38.1 Å². The summed E-state index contributed by atoms with van der Waals surface area (Å²) in [5, 5.41) is 0. The molecule has 104 valence electrons. The van der Waals surface area contributed by atoms with E-state index >= 15 is 0 Å². The molecule has 0 N–H and O–H groups in total. The number of esters is 1. The fourth-order valence-electron chi connectivity index (χ4n) is 1.88. The van der Waals surface area contributed by atoms with Crippen molar-refractivity contribution in [2.75, 3.05) is 7.11 Å². The molecule has 0 fully saturated rings. The van der Waals surface area contributed by atoms with Crippen LogP contribution in [0.15, 0.2) is 42.5 Å². The number of methoxy groups -OCH3 is 1. The minimum atomic E-state index is -0.327. The zero-order valence-electron chi connectivity index (χ0n) is 12.0. The topological polar surface area (TPSA) is 35.5 Å². The van der Waals surface area contributed by atoms with Gasteiger partial charge in [-0.15, -0.1) is 0 Å². The van der Waals surface area contributed by atoms with Gasteiger partial charge in [-0.05, 0) is 48.7 Å². The molecule has 0 aliphatic carbocycles. The highest BCUT2D eigenvalue weighted by atomic mass is 16.5. The Bertz CT molecular complexity index is 600. The summed E-state index contributed by atoms with van der Waals surface area (Å²) in [5.41, 5.74) is 3.84. The van der Waals surface area contributed by atoms with Crippen LogP contribution in [-0.2, 0) is 11.3 Å². The van der Waals surface area contributed by atoms with E-state index in [0.29, 0.717) is 12.2 Å². The van der Waals surface area contributed by atoms with Crippen molar-refractivity contribution in [2.24, 2.45) is 0 Å². The van der Waals surface area contributed by atoms with Gasteiger partial charge in [0.2, 0.25) is 0 Å². The van der Waals surface area contributed by atoms with Gasteiger partial charge in [-0.1, -0.05) is 24.3 Å². The predicted molar refractivity (Wildman–Crippen MR) is 78.0 cm³/mol. The van der Waals surface area contributed by atoms with E-state index in [9.17, 15) is 4.79 Å². The number of ether oxygens (including phenoxy) is 2. The van der Waals surface area contributed by atoms with Crippen molar-refractivity contribution in [1.29, 1.82) is 0 Å². The average molecular weight is 270 g/mol. The van der Waals surface area contributed by atoms with Gasteiger partial charge in [-0.25, -0.2) is 4.79 Å². The molecule has 0 spiro atoms. The van der Waals surface area contributed by atoms with Crippen LogP contribution in [0.3, 0.4) is 0 Å². The van der Waals surface area contributed by atoms with Crippen molar-refractivity contribution in [2.45, 2.75) is 20.5 Å². The average Bonchev–Trinajstić information content (AvgIpc) is 2.48. The molecule has 3 heteroatoms. The third-order valence-electron chi connectivity index (χ3n) is 3.11. The summed E-state index contributed by atoms with van der Waals surface area (Å²) < 4.78 is 10.5. The summed E-state index contributed by atoms with van der Waals surface area (Å²) >= 11 is 0. The molecule has 0 radical (unpaired) electrons. The maximum absolute atomic E-state index is 11.3. The van der Waals surface area contributed by atoms with E-state index in [4.69, 9.17) is 4.74 Å². The first-order chi connectivity index (χ1) is 9.60. The van der Waals surface area contributed by atoms with Gasteiger partial charge < -0.3 is 9.47 Å².